The second kappa shape index (κ2) is 7.37. The normalized spacial score (nSPS) is 38.8. The number of nitrogens with one attached hydrogen (secondary N) is 2. The monoisotopic (exact) mass is 362 g/mol. The molecule has 5 rings (SSSR count). The Morgan fingerprint density at radius 3 is 2.27 bits per heavy atom. The van der Waals surface area contributed by atoms with Gasteiger partial charge < -0.3 is 15.5 Å². The van der Waals surface area contributed by atoms with Crippen LogP contribution in [-0.4, -0.2) is 67.6 Å². The summed E-state index contributed by atoms with van der Waals surface area (Å²) in [5, 5.41) is 6.47. The molecule has 1 unspecified atom stereocenters. The number of piperidine rings is 1. The molecule has 5 fully saturated rings. The lowest BCUT2D eigenvalue weighted by molar-refractivity contribution is -0.126. The van der Waals surface area contributed by atoms with Crippen molar-refractivity contribution >= 4 is 11.9 Å². The molecule has 6 nitrogen and oxygen atoms in total. The highest BCUT2D eigenvalue weighted by atomic mass is 16.2. The summed E-state index contributed by atoms with van der Waals surface area (Å²) in [6.45, 7) is 2.19. The van der Waals surface area contributed by atoms with Gasteiger partial charge in [0.25, 0.3) is 0 Å². The van der Waals surface area contributed by atoms with Gasteiger partial charge in [-0.2, -0.15) is 0 Å². The van der Waals surface area contributed by atoms with Crippen LogP contribution in [0.5, 0.6) is 0 Å². The first-order chi connectivity index (χ1) is 12.5. The van der Waals surface area contributed by atoms with E-state index in [1.54, 1.807) is 19.0 Å². The number of carbonyl (C=O) groups is 2. The van der Waals surface area contributed by atoms with Crippen molar-refractivity contribution in [3.05, 3.63) is 0 Å². The van der Waals surface area contributed by atoms with Crippen molar-refractivity contribution in [1.82, 2.24) is 20.4 Å². The van der Waals surface area contributed by atoms with Crippen molar-refractivity contribution in [1.29, 1.82) is 0 Å². The predicted octanol–water partition coefficient (Wildman–Crippen LogP) is 1.66. The van der Waals surface area contributed by atoms with E-state index in [1.165, 1.54) is 32.1 Å². The summed E-state index contributed by atoms with van der Waals surface area (Å²) in [6.07, 6.45) is 8.81. The van der Waals surface area contributed by atoms with Crippen LogP contribution in [0.25, 0.3) is 0 Å². The minimum absolute atomic E-state index is 0.0464. The van der Waals surface area contributed by atoms with Gasteiger partial charge in [0, 0.05) is 32.7 Å². The number of hydrogen-bond donors (Lipinski definition) is 2. The fourth-order valence-corrected chi connectivity index (χ4v) is 6.22. The van der Waals surface area contributed by atoms with E-state index >= 15 is 0 Å². The summed E-state index contributed by atoms with van der Waals surface area (Å²) in [6, 6.07) is 0.520. The molecule has 1 aliphatic heterocycles. The molecular weight excluding hydrogens is 328 g/mol. The third kappa shape index (κ3) is 3.85. The lowest BCUT2D eigenvalue weighted by atomic mass is 9.54. The van der Waals surface area contributed by atoms with Crippen LogP contribution in [0.2, 0.25) is 0 Å². The molecule has 0 spiro atoms. The van der Waals surface area contributed by atoms with Gasteiger partial charge in [-0.25, -0.2) is 4.79 Å². The summed E-state index contributed by atoms with van der Waals surface area (Å²) >= 11 is 0. The maximum Gasteiger partial charge on any atom is 0.317 e. The van der Waals surface area contributed by atoms with Crippen LogP contribution < -0.4 is 10.6 Å². The molecule has 0 aromatic carbocycles. The molecule has 1 saturated heterocycles. The Morgan fingerprint density at radius 2 is 1.65 bits per heavy atom. The highest BCUT2D eigenvalue weighted by molar-refractivity contribution is 5.78. The quantitative estimate of drug-likeness (QED) is 0.799. The molecule has 4 aliphatic carbocycles. The van der Waals surface area contributed by atoms with Crippen LogP contribution in [0.4, 0.5) is 4.79 Å². The van der Waals surface area contributed by atoms with E-state index in [2.05, 4.69) is 15.5 Å². The zero-order valence-corrected chi connectivity index (χ0v) is 16.2. The van der Waals surface area contributed by atoms with Gasteiger partial charge in [0.1, 0.15) is 0 Å². The van der Waals surface area contributed by atoms with E-state index in [4.69, 9.17) is 0 Å². The Kier molecular flexibility index (Phi) is 5.13. The average Bonchev–Trinajstić information content (AvgIpc) is 2.57. The van der Waals surface area contributed by atoms with Gasteiger partial charge in [0.2, 0.25) is 5.91 Å². The number of nitrogens with zero attached hydrogens (tertiary/aromatic N) is 2. The summed E-state index contributed by atoms with van der Waals surface area (Å²) in [7, 11) is 3.52. The molecule has 0 aromatic heterocycles. The topological polar surface area (TPSA) is 64.7 Å². The van der Waals surface area contributed by atoms with E-state index in [1.807, 2.05) is 0 Å². The smallest absolute Gasteiger partial charge is 0.317 e. The molecule has 5 aliphatic rings. The Labute approximate surface area is 157 Å². The lowest BCUT2D eigenvalue weighted by Crippen LogP contribution is -2.58. The van der Waals surface area contributed by atoms with Crippen molar-refractivity contribution in [2.75, 3.05) is 33.7 Å². The van der Waals surface area contributed by atoms with E-state index in [9.17, 15) is 9.59 Å². The summed E-state index contributed by atoms with van der Waals surface area (Å²) in [5.74, 6) is 3.51. The van der Waals surface area contributed by atoms with Crippen molar-refractivity contribution in [3.8, 4) is 0 Å². The molecular formula is C20H34N4O2. The van der Waals surface area contributed by atoms with Crippen molar-refractivity contribution < 1.29 is 9.59 Å². The number of hydrogen-bond acceptors (Lipinski definition) is 3. The fourth-order valence-electron chi connectivity index (χ4n) is 6.22. The largest absolute Gasteiger partial charge is 0.352 e. The highest BCUT2D eigenvalue weighted by Crippen LogP contribution is 2.53. The maximum absolute atomic E-state index is 12.7. The molecule has 3 amide bonds. The number of urea groups is 1. The molecule has 146 valence electrons. The number of amides is 3. The zero-order chi connectivity index (χ0) is 18.3. The molecule has 1 heterocycles. The van der Waals surface area contributed by atoms with E-state index in [0.717, 1.165) is 49.6 Å². The highest BCUT2D eigenvalue weighted by Gasteiger charge is 2.48. The molecule has 2 N–H and O–H groups in total. The summed E-state index contributed by atoms with van der Waals surface area (Å²) in [5.41, 5.74) is 0. The lowest BCUT2D eigenvalue weighted by Gasteiger charge is -2.54. The summed E-state index contributed by atoms with van der Waals surface area (Å²) in [4.78, 5) is 28.3. The Morgan fingerprint density at radius 1 is 1.00 bits per heavy atom. The third-order valence-electron chi connectivity index (χ3n) is 7.16. The first-order valence-electron chi connectivity index (χ1n) is 10.5. The predicted molar refractivity (Wildman–Crippen MR) is 101 cm³/mol. The van der Waals surface area contributed by atoms with Crippen LogP contribution in [0, 0.1) is 23.7 Å². The second-order valence-corrected chi connectivity index (χ2v) is 9.44. The van der Waals surface area contributed by atoms with Crippen molar-refractivity contribution in [2.24, 2.45) is 23.7 Å². The second-order valence-electron chi connectivity index (χ2n) is 9.44. The van der Waals surface area contributed by atoms with Crippen LogP contribution in [0.1, 0.15) is 44.9 Å². The SMILES string of the molecule is CN(C)C(=O)NC1CCCN(CC(=O)NC2C3CC4CC(C3)CC2C4)C1. The van der Waals surface area contributed by atoms with Gasteiger partial charge in [-0.1, -0.05) is 0 Å². The average molecular weight is 363 g/mol. The molecule has 26 heavy (non-hydrogen) atoms. The Balaban J connectivity index is 1.26. The van der Waals surface area contributed by atoms with E-state index in [-0.39, 0.29) is 18.0 Å². The fraction of sp³-hybridized carbons (Fsp3) is 0.900. The van der Waals surface area contributed by atoms with Gasteiger partial charge in [0.15, 0.2) is 0 Å². The molecule has 4 saturated carbocycles. The molecule has 0 aromatic rings. The minimum atomic E-state index is -0.0464. The van der Waals surface area contributed by atoms with Gasteiger partial charge in [0.05, 0.1) is 6.54 Å². The Hall–Kier alpha value is -1.30. The number of rotatable bonds is 4. The molecule has 0 radical (unpaired) electrons. The van der Waals surface area contributed by atoms with Gasteiger partial charge in [-0.15, -0.1) is 0 Å². The van der Waals surface area contributed by atoms with Crippen LogP contribution in [-0.2, 0) is 4.79 Å². The van der Waals surface area contributed by atoms with Crippen molar-refractivity contribution in [3.63, 3.8) is 0 Å². The number of likely N-dealkylation sites (tertiary alicyclic amines) is 1. The van der Waals surface area contributed by atoms with Crippen LogP contribution in [0.15, 0.2) is 0 Å². The standard InChI is InChI=1S/C20H34N4O2/c1-23(2)20(26)21-17-4-3-5-24(11-17)12-18(25)22-19-15-7-13-6-14(9-15)10-16(19)8-13/h13-17,19H,3-12H2,1-2H3,(H,21,26)(H,22,25). The number of carbonyl (C=O) groups excluding carboxylic acids is 2. The minimum Gasteiger partial charge on any atom is -0.352 e. The first-order valence-corrected chi connectivity index (χ1v) is 10.5. The van der Waals surface area contributed by atoms with E-state index < -0.39 is 0 Å². The first kappa shape index (κ1) is 18.1. The van der Waals surface area contributed by atoms with Crippen molar-refractivity contribution in [2.45, 2.75) is 57.0 Å². The molecule has 6 heteroatoms. The third-order valence-corrected chi connectivity index (χ3v) is 7.16. The summed E-state index contributed by atoms with van der Waals surface area (Å²) < 4.78 is 0. The zero-order valence-electron chi connectivity index (χ0n) is 16.2. The van der Waals surface area contributed by atoms with Crippen LogP contribution >= 0.6 is 0 Å². The molecule has 1 atom stereocenters. The van der Waals surface area contributed by atoms with Gasteiger partial charge >= 0.3 is 6.03 Å². The van der Waals surface area contributed by atoms with Crippen LogP contribution in [0.3, 0.4) is 0 Å². The van der Waals surface area contributed by atoms with Gasteiger partial charge in [-0.3, -0.25) is 9.69 Å². The van der Waals surface area contributed by atoms with E-state index in [0.29, 0.717) is 12.6 Å². The Bertz CT molecular complexity index is 522. The maximum atomic E-state index is 12.7. The van der Waals surface area contributed by atoms with Gasteiger partial charge in [-0.05, 0) is 75.2 Å². The molecule has 4 bridgehead atoms.